The van der Waals surface area contributed by atoms with Gasteiger partial charge in [0.2, 0.25) is 0 Å². The van der Waals surface area contributed by atoms with Crippen molar-refractivity contribution in [2.45, 2.75) is 18.0 Å². The van der Waals surface area contributed by atoms with Crippen LogP contribution < -0.4 is 0 Å². The monoisotopic (exact) mass is 419 g/mol. The number of pyridine rings is 1. The first-order valence-corrected chi connectivity index (χ1v) is 10.4. The third kappa shape index (κ3) is 3.15. The summed E-state index contributed by atoms with van der Waals surface area (Å²) in [5, 5.41) is 1.16. The summed E-state index contributed by atoms with van der Waals surface area (Å²) in [5.74, 6) is 0.0507. The Balaban J connectivity index is 2.06. The smallest absolute Gasteiger partial charge is 0.326 e. The van der Waals surface area contributed by atoms with Gasteiger partial charge >= 0.3 is 6.18 Å². The first kappa shape index (κ1) is 19.4. The molecule has 4 aromatic rings. The lowest BCUT2D eigenvalue weighted by Crippen LogP contribution is -2.09. The SMILES string of the molecule is CCS(=O)(=O)c1c(-c2nc3cc(C(F)(F)F)ccc3n2C)ncc2ccccc12. The van der Waals surface area contributed by atoms with Gasteiger partial charge < -0.3 is 4.57 Å². The summed E-state index contributed by atoms with van der Waals surface area (Å²) in [5.41, 5.74) is -0.129. The van der Waals surface area contributed by atoms with Crippen molar-refractivity contribution in [1.82, 2.24) is 14.5 Å². The molecule has 0 unspecified atom stereocenters. The van der Waals surface area contributed by atoms with Gasteiger partial charge in [0.1, 0.15) is 10.6 Å². The Hall–Kier alpha value is -2.94. The maximum Gasteiger partial charge on any atom is 0.416 e. The fourth-order valence-corrected chi connectivity index (χ4v) is 4.59. The van der Waals surface area contributed by atoms with Gasteiger partial charge in [0.25, 0.3) is 0 Å². The van der Waals surface area contributed by atoms with Crippen molar-refractivity contribution in [3.63, 3.8) is 0 Å². The van der Waals surface area contributed by atoms with Gasteiger partial charge in [-0.2, -0.15) is 13.2 Å². The molecule has 0 fully saturated rings. The van der Waals surface area contributed by atoms with Gasteiger partial charge in [-0.05, 0) is 18.2 Å². The molecule has 0 aliphatic carbocycles. The van der Waals surface area contributed by atoms with Crippen LogP contribution in [-0.4, -0.2) is 28.7 Å². The van der Waals surface area contributed by atoms with Crippen LogP contribution >= 0.6 is 0 Å². The van der Waals surface area contributed by atoms with Gasteiger partial charge in [0.05, 0.1) is 22.3 Å². The first-order chi connectivity index (χ1) is 13.6. The summed E-state index contributed by atoms with van der Waals surface area (Å²) >= 11 is 0. The molecule has 2 aromatic carbocycles. The summed E-state index contributed by atoms with van der Waals surface area (Å²) in [7, 11) is -2.06. The molecule has 0 saturated carbocycles. The van der Waals surface area contributed by atoms with Crippen molar-refractivity contribution in [3.05, 3.63) is 54.2 Å². The number of hydrogen-bond acceptors (Lipinski definition) is 4. The van der Waals surface area contributed by atoms with E-state index < -0.39 is 21.6 Å². The Morgan fingerprint density at radius 1 is 1.10 bits per heavy atom. The molecule has 0 spiro atoms. The highest BCUT2D eigenvalue weighted by Crippen LogP contribution is 2.35. The number of hydrogen-bond donors (Lipinski definition) is 0. The van der Waals surface area contributed by atoms with Gasteiger partial charge in [-0.25, -0.2) is 13.4 Å². The van der Waals surface area contributed by atoms with Crippen LogP contribution in [0.1, 0.15) is 12.5 Å². The van der Waals surface area contributed by atoms with Crippen molar-refractivity contribution in [3.8, 4) is 11.5 Å². The number of fused-ring (bicyclic) bond motifs is 2. The zero-order valence-corrected chi connectivity index (χ0v) is 16.3. The number of sulfone groups is 1. The van der Waals surface area contributed by atoms with Gasteiger partial charge in [-0.15, -0.1) is 0 Å². The van der Waals surface area contributed by atoms with Crippen LogP contribution in [0.5, 0.6) is 0 Å². The van der Waals surface area contributed by atoms with Crippen molar-refractivity contribution < 1.29 is 21.6 Å². The Labute approximate surface area is 164 Å². The minimum Gasteiger partial charge on any atom is -0.326 e. The molecule has 29 heavy (non-hydrogen) atoms. The van der Waals surface area contributed by atoms with Crippen molar-refractivity contribution in [2.24, 2.45) is 7.05 Å². The number of aryl methyl sites for hydroxylation is 1. The lowest BCUT2D eigenvalue weighted by Gasteiger charge is -2.12. The summed E-state index contributed by atoms with van der Waals surface area (Å²) in [6.45, 7) is 1.53. The lowest BCUT2D eigenvalue weighted by molar-refractivity contribution is -0.137. The minimum atomic E-state index is -4.50. The molecule has 0 aliphatic heterocycles. The lowest BCUT2D eigenvalue weighted by atomic mass is 10.1. The number of benzene rings is 2. The van der Waals surface area contributed by atoms with E-state index in [1.807, 2.05) is 0 Å². The van der Waals surface area contributed by atoms with Gasteiger partial charge in [-0.1, -0.05) is 31.2 Å². The number of aromatic nitrogens is 3. The van der Waals surface area contributed by atoms with E-state index in [2.05, 4.69) is 9.97 Å². The Morgan fingerprint density at radius 2 is 1.83 bits per heavy atom. The number of halogens is 3. The molecule has 2 aromatic heterocycles. The van der Waals surface area contributed by atoms with Gasteiger partial charge in [0.15, 0.2) is 15.7 Å². The summed E-state index contributed by atoms with van der Waals surface area (Å²) in [6.07, 6.45) is -2.95. The molecule has 150 valence electrons. The van der Waals surface area contributed by atoms with E-state index in [9.17, 15) is 21.6 Å². The predicted octanol–water partition coefficient (Wildman–Crippen LogP) is 4.60. The van der Waals surface area contributed by atoms with E-state index in [-0.39, 0.29) is 27.7 Å². The zero-order valence-electron chi connectivity index (χ0n) is 15.5. The van der Waals surface area contributed by atoms with E-state index in [0.29, 0.717) is 16.3 Å². The molecule has 2 heterocycles. The molecule has 0 atom stereocenters. The summed E-state index contributed by atoms with van der Waals surface area (Å²) in [6, 6.07) is 10.2. The molecule has 0 radical (unpaired) electrons. The molecule has 5 nitrogen and oxygen atoms in total. The molecule has 4 rings (SSSR count). The molecule has 0 amide bonds. The number of imidazole rings is 1. The highest BCUT2D eigenvalue weighted by molar-refractivity contribution is 7.91. The fraction of sp³-hybridized carbons (Fsp3) is 0.200. The van der Waals surface area contributed by atoms with Crippen LogP contribution in [0.25, 0.3) is 33.3 Å². The van der Waals surface area contributed by atoms with Crippen LogP contribution in [0.3, 0.4) is 0 Å². The molecular weight excluding hydrogens is 403 g/mol. The summed E-state index contributed by atoms with van der Waals surface area (Å²) in [4.78, 5) is 8.68. The van der Waals surface area contributed by atoms with Crippen LogP contribution in [0, 0.1) is 0 Å². The quantitative estimate of drug-likeness (QED) is 0.487. The average molecular weight is 419 g/mol. The minimum absolute atomic E-state index is 0.0348. The number of rotatable bonds is 3. The second-order valence-electron chi connectivity index (χ2n) is 6.62. The van der Waals surface area contributed by atoms with E-state index in [1.165, 1.54) is 13.0 Å². The second kappa shape index (κ2) is 6.55. The van der Waals surface area contributed by atoms with Crippen molar-refractivity contribution >= 4 is 31.6 Å². The van der Waals surface area contributed by atoms with E-state index in [0.717, 1.165) is 12.1 Å². The van der Waals surface area contributed by atoms with E-state index in [1.54, 1.807) is 42.1 Å². The van der Waals surface area contributed by atoms with Gasteiger partial charge in [-0.3, -0.25) is 4.98 Å². The van der Waals surface area contributed by atoms with Crippen LogP contribution in [0.4, 0.5) is 13.2 Å². The number of nitrogens with zero attached hydrogens (tertiary/aromatic N) is 3. The third-order valence-corrected chi connectivity index (χ3v) is 6.66. The first-order valence-electron chi connectivity index (χ1n) is 8.78. The van der Waals surface area contributed by atoms with Crippen LogP contribution in [0.15, 0.2) is 53.6 Å². The molecule has 0 bridgehead atoms. The Kier molecular flexibility index (Phi) is 4.38. The number of alkyl halides is 3. The predicted molar refractivity (Wildman–Crippen MR) is 104 cm³/mol. The van der Waals surface area contributed by atoms with Crippen LogP contribution in [0.2, 0.25) is 0 Å². The average Bonchev–Trinajstić information content (AvgIpc) is 3.02. The molecule has 0 saturated heterocycles. The van der Waals surface area contributed by atoms with E-state index in [4.69, 9.17) is 0 Å². The highest BCUT2D eigenvalue weighted by atomic mass is 32.2. The maximum atomic E-state index is 13.1. The Morgan fingerprint density at radius 3 is 2.52 bits per heavy atom. The van der Waals surface area contributed by atoms with Crippen molar-refractivity contribution in [1.29, 1.82) is 0 Å². The normalized spacial score (nSPS) is 12.7. The zero-order chi connectivity index (χ0) is 21.0. The van der Waals surface area contributed by atoms with Gasteiger partial charge in [0, 0.05) is 24.0 Å². The standard InChI is InChI=1S/C20H16F3N3O2S/c1-3-29(27,28)18-14-7-5-4-6-12(14)11-24-17(18)19-25-15-10-13(20(21,22)23)8-9-16(15)26(19)2/h4-11H,3H2,1-2H3. The summed E-state index contributed by atoms with van der Waals surface area (Å²) < 4.78 is 66.5. The Bertz CT molecular complexity index is 1360. The topological polar surface area (TPSA) is 64.8 Å². The van der Waals surface area contributed by atoms with Crippen LogP contribution in [-0.2, 0) is 23.1 Å². The van der Waals surface area contributed by atoms with Crippen molar-refractivity contribution in [2.75, 3.05) is 5.75 Å². The molecule has 0 N–H and O–H groups in total. The third-order valence-electron chi connectivity index (χ3n) is 4.86. The maximum absolute atomic E-state index is 13.1. The fourth-order valence-electron chi connectivity index (χ4n) is 3.34. The highest BCUT2D eigenvalue weighted by Gasteiger charge is 2.31. The molecule has 0 aliphatic rings. The molecule has 9 heteroatoms. The molecular formula is C20H16F3N3O2S. The largest absolute Gasteiger partial charge is 0.416 e. The van der Waals surface area contributed by atoms with E-state index >= 15 is 0 Å². The second-order valence-corrected chi connectivity index (χ2v) is 8.84.